The van der Waals surface area contributed by atoms with E-state index < -0.39 is 20.0 Å². The van der Waals surface area contributed by atoms with Gasteiger partial charge in [0, 0.05) is 18.1 Å². The fourth-order valence-electron chi connectivity index (χ4n) is 2.25. The van der Waals surface area contributed by atoms with Crippen LogP contribution >= 0.6 is 0 Å². The number of benzene rings is 2. The first kappa shape index (κ1) is 20.6. The third-order valence-electron chi connectivity index (χ3n) is 3.59. The predicted octanol–water partition coefficient (Wildman–Crippen LogP) is 2.10. The van der Waals surface area contributed by atoms with Crippen molar-refractivity contribution in [1.29, 1.82) is 0 Å². The summed E-state index contributed by atoms with van der Waals surface area (Å²) in [6, 6.07) is 15.7. The quantitative estimate of drug-likeness (QED) is 0.528. The maximum atomic E-state index is 12.3. The van der Waals surface area contributed by atoms with E-state index in [2.05, 4.69) is 19.4 Å². The van der Waals surface area contributed by atoms with E-state index in [1.165, 1.54) is 36.7 Å². The lowest BCUT2D eigenvalue weighted by Gasteiger charge is -2.10. The van der Waals surface area contributed by atoms with Crippen LogP contribution in [-0.4, -0.2) is 39.2 Å². The third-order valence-corrected chi connectivity index (χ3v) is 6.19. The number of aromatic nitrogens is 2. The number of rotatable bonds is 9. The molecule has 29 heavy (non-hydrogen) atoms. The molecule has 0 saturated heterocycles. The predicted molar refractivity (Wildman–Crippen MR) is 109 cm³/mol. The van der Waals surface area contributed by atoms with Crippen LogP contribution in [0.3, 0.4) is 0 Å². The van der Waals surface area contributed by atoms with Gasteiger partial charge in [-0.25, -0.2) is 31.5 Å². The van der Waals surface area contributed by atoms with Crippen LogP contribution in [0.1, 0.15) is 0 Å². The summed E-state index contributed by atoms with van der Waals surface area (Å²) in [5.41, 5.74) is 0.236. The maximum absolute atomic E-state index is 12.3. The van der Waals surface area contributed by atoms with Gasteiger partial charge in [-0.05, 0) is 42.5 Å². The molecule has 2 aromatic carbocycles. The highest BCUT2D eigenvalue weighted by Crippen LogP contribution is 2.17. The van der Waals surface area contributed by atoms with Crippen molar-refractivity contribution in [3.63, 3.8) is 0 Å². The Balaban J connectivity index is 1.59. The average Bonchev–Trinajstić information content (AvgIpc) is 2.69. The lowest BCUT2D eigenvalue weighted by Crippen LogP contribution is -2.21. The molecule has 0 aliphatic rings. The van der Waals surface area contributed by atoms with Crippen LogP contribution in [0.4, 0.5) is 11.6 Å². The molecule has 0 fully saturated rings. The molecule has 1 heterocycles. The molecule has 0 aliphatic heterocycles. The van der Waals surface area contributed by atoms with Crippen LogP contribution in [0.25, 0.3) is 0 Å². The van der Waals surface area contributed by atoms with E-state index in [-0.39, 0.29) is 28.9 Å². The molecule has 0 bridgehead atoms. The van der Waals surface area contributed by atoms with Crippen LogP contribution in [0, 0.1) is 0 Å². The van der Waals surface area contributed by atoms with E-state index in [0.29, 0.717) is 5.75 Å². The van der Waals surface area contributed by atoms with Crippen molar-refractivity contribution in [3.05, 3.63) is 73.1 Å². The molecule has 2 N–H and O–H groups in total. The Morgan fingerprint density at radius 3 is 2.10 bits per heavy atom. The van der Waals surface area contributed by atoms with E-state index >= 15 is 0 Å². The van der Waals surface area contributed by atoms with Gasteiger partial charge in [0.2, 0.25) is 16.0 Å². The van der Waals surface area contributed by atoms with E-state index in [1.807, 2.05) is 6.07 Å². The summed E-state index contributed by atoms with van der Waals surface area (Å²) in [4.78, 5) is 7.55. The minimum absolute atomic E-state index is 0.0210. The maximum Gasteiger partial charge on any atom is 0.264 e. The van der Waals surface area contributed by atoms with Crippen LogP contribution < -0.4 is 14.2 Å². The van der Waals surface area contributed by atoms with Crippen LogP contribution in [0.2, 0.25) is 0 Å². The van der Waals surface area contributed by atoms with Gasteiger partial charge >= 0.3 is 0 Å². The molecule has 0 unspecified atom stereocenters. The molecule has 0 radical (unpaired) electrons. The lowest BCUT2D eigenvalue weighted by molar-refractivity contribution is 0.341. The zero-order valence-electron chi connectivity index (χ0n) is 15.1. The van der Waals surface area contributed by atoms with Crippen molar-refractivity contribution in [2.75, 3.05) is 21.8 Å². The van der Waals surface area contributed by atoms with E-state index in [0.717, 1.165) is 0 Å². The topological polar surface area (TPSA) is 127 Å². The number of hydrogen-bond acceptors (Lipinski definition) is 7. The van der Waals surface area contributed by atoms with Crippen LogP contribution in [-0.2, 0) is 20.0 Å². The zero-order chi connectivity index (χ0) is 20.7. The van der Waals surface area contributed by atoms with Crippen molar-refractivity contribution >= 4 is 31.7 Å². The molecule has 0 amide bonds. The number of hydrogen-bond donors (Lipinski definition) is 2. The Hall–Kier alpha value is -3.18. The first-order valence-corrected chi connectivity index (χ1v) is 11.6. The highest BCUT2D eigenvalue weighted by molar-refractivity contribution is 7.93. The molecule has 3 rings (SSSR count). The van der Waals surface area contributed by atoms with Crippen LogP contribution in [0.15, 0.2) is 78.0 Å². The molecule has 0 aliphatic carbocycles. The molecule has 9 nitrogen and oxygen atoms in total. The van der Waals surface area contributed by atoms with Gasteiger partial charge in [-0.3, -0.25) is 4.72 Å². The average molecular weight is 434 g/mol. The summed E-state index contributed by atoms with van der Waals surface area (Å²) in [7, 11) is -7.55. The van der Waals surface area contributed by atoms with Crippen molar-refractivity contribution in [3.8, 4) is 5.75 Å². The van der Waals surface area contributed by atoms with Gasteiger partial charge in [0.1, 0.15) is 18.1 Å². The first-order valence-electron chi connectivity index (χ1n) is 8.42. The molecule has 0 atom stereocenters. The summed E-state index contributed by atoms with van der Waals surface area (Å²) in [5.74, 6) is 0.261. The van der Waals surface area contributed by atoms with Crippen molar-refractivity contribution in [1.82, 2.24) is 9.97 Å². The number of para-hydroxylation sites is 1. The van der Waals surface area contributed by atoms with Crippen molar-refractivity contribution in [2.24, 2.45) is 0 Å². The summed E-state index contributed by atoms with van der Waals surface area (Å²) in [6.45, 7) is -0.0210. The van der Waals surface area contributed by atoms with E-state index in [9.17, 15) is 16.8 Å². The summed E-state index contributed by atoms with van der Waals surface area (Å²) >= 11 is 0. The molecule has 152 valence electrons. The monoisotopic (exact) mass is 434 g/mol. The minimum Gasteiger partial charge on any atom is -0.492 e. The Morgan fingerprint density at radius 1 is 0.793 bits per heavy atom. The molecule has 0 spiro atoms. The van der Waals surface area contributed by atoms with Gasteiger partial charge in [-0.15, -0.1) is 0 Å². The SMILES string of the molecule is O=S(=O)(CCOc1ccccc1)Nc1ccc(S(=O)(=O)Nc2ncccn2)cc1. The fraction of sp³-hybridized carbons (Fsp3) is 0.111. The van der Waals surface area contributed by atoms with Crippen molar-refractivity contribution < 1.29 is 21.6 Å². The highest BCUT2D eigenvalue weighted by atomic mass is 32.2. The van der Waals surface area contributed by atoms with Gasteiger partial charge in [-0.1, -0.05) is 18.2 Å². The second-order valence-electron chi connectivity index (χ2n) is 5.78. The summed E-state index contributed by atoms with van der Waals surface area (Å²) in [6.07, 6.45) is 2.81. The molecule has 3 aromatic rings. The number of anilines is 2. The Morgan fingerprint density at radius 2 is 1.45 bits per heavy atom. The first-order chi connectivity index (χ1) is 13.8. The van der Waals surface area contributed by atoms with Crippen LogP contribution in [0.5, 0.6) is 5.75 Å². The number of nitrogens with one attached hydrogen (secondary N) is 2. The Bertz CT molecular complexity index is 1140. The standard InChI is InChI=1S/C18H18N4O5S2/c23-28(24,14-13-27-16-5-2-1-3-6-16)21-15-7-9-17(10-8-15)29(25,26)22-18-19-11-4-12-20-18/h1-12,21H,13-14H2,(H,19,20,22). The molecule has 0 saturated carbocycles. The summed E-state index contributed by atoms with van der Waals surface area (Å²) in [5, 5.41) is 0. The normalized spacial score (nSPS) is 11.6. The summed E-state index contributed by atoms with van der Waals surface area (Å²) < 4.78 is 59.0. The number of ether oxygens (including phenoxy) is 1. The molecule has 1 aromatic heterocycles. The van der Waals surface area contributed by atoms with E-state index in [1.54, 1.807) is 30.3 Å². The molecule has 11 heteroatoms. The largest absolute Gasteiger partial charge is 0.492 e. The van der Waals surface area contributed by atoms with Crippen molar-refractivity contribution in [2.45, 2.75) is 4.90 Å². The second-order valence-corrected chi connectivity index (χ2v) is 9.31. The van der Waals surface area contributed by atoms with Gasteiger partial charge in [-0.2, -0.15) is 0 Å². The number of sulfonamides is 2. The second kappa shape index (κ2) is 8.88. The van der Waals surface area contributed by atoms with Gasteiger partial charge in [0.25, 0.3) is 10.0 Å². The van der Waals surface area contributed by atoms with Gasteiger partial charge in [0.15, 0.2) is 0 Å². The third kappa shape index (κ3) is 6.16. The fourth-order valence-corrected chi connectivity index (χ4v) is 4.11. The zero-order valence-corrected chi connectivity index (χ0v) is 16.7. The lowest BCUT2D eigenvalue weighted by atomic mass is 10.3. The van der Waals surface area contributed by atoms with Gasteiger partial charge in [0.05, 0.1) is 4.90 Å². The molecular weight excluding hydrogens is 416 g/mol. The van der Waals surface area contributed by atoms with Gasteiger partial charge < -0.3 is 4.74 Å². The minimum atomic E-state index is -3.89. The molecular formula is C18H18N4O5S2. The highest BCUT2D eigenvalue weighted by Gasteiger charge is 2.16. The Kier molecular flexibility index (Phi) is 6.29. The number of nitrogens with zero attached hydrogens (tertiary/aromatic N) is 2. The Labute approximate surface area is 168 Å². The van der Waals surface area contributed by atoms with E-state index in [4.69, 9.17) is 4.74 Å². The smallest absolute Gasteiger partial charge is 0.264 e.